The average molecular weight is 541 g/mol. The number of aliphatic imine (C=N–C) groups is 1. The molecule has 0 saturated heterocycles. The Labute approximate surface area is 230 Å². The van der Waals surface area contributed by atoms with E-state index in [2.05, 4.69) is 53.7 Å². The quantitative estimate of drug-likeness (QED) is 0.270. The summed E-state index contributed by atoms with van der Waals surface area (Å²) in [6.07, 6.45) is 5.84. The standard InChI is InChI=1S/C29H40N4O2S2/c1-7-21(2)18-25-28(31-22(3)36-6)32(5)15-16-33(29(25)34)24-11-8-10-23(19-24)20-35-26(13-14-30-4)27-12-9-17-37-27/h8-12,17-19,26,30H,7,13-16,20H2,1-6H3/b21-18-,31-22+. The summed E-state index contributed by atoms with van der Waals surface area (Å²) in [5, 5.41) is 6.24. The summed E-state index contributed by atoms with van der Waals surface area (Å²) in [5.74, 6) is 0.711. The van der Waals surface area contributed by atoms with Crippen LogP contribution in [0.4, 0.5) is 5.69 Å². The monoisotopic (exact) mass is 540 g/mol. The molecule has 1 amide bonds. The zero-order valence-electron chi connectivity index (χ0n) is 22.9. The molecule has 2 aromatic rings. The Kier molecular flexibility index (Phi) is 11.4. The molecule has 1 aromatic carbocycles. The van der Waals surface area contributed by atoms with Crippen LogP contribution in [-0.4, -0.2) is 55.8 Å². The second kappa shape index (κ2) is 14.5. The Balaban J connectivity index is 1.89. The Bertz CT molecular complexity index is 1120. The van der Waals surface area contributed by atoms with Gasteiger partial charge in [0, 0.05) is 30.7 Å². The Hall–Kier alpha value is -2.39. The van der Waals surface area contributed by atoms with E-state index in [0.717, 1.165) is 47.1 Å². The van der Waals surface area contributed by atoms with Gasteiger partial charge in [-0.25, -0.2) is 4.99 Å². The first-order chi connectivity index (χ1) is 17.9. The lowest BCUT2D eigenvalue weighted by atomic mass is 10.1. The molecule has 1 atom stereocenters. The fourth-order valence-electron chi connectivity index (χ4n) is 4.03. The van der Waals surface area contributed by atoms with Crippen LogP contribution < -0.4 is 10.2 Å². The Morgan fingerprint density at radius 1 is 1.27 bits per heavy atom. The summed E-state index contributed by atoms with van der Waals surface area (Å²) in [4.78, 5) is 24.0. The molecule has 1 unspecified atom stereocenters. The number of carbonyl (C=O) groups is 1. The Morgan fingerprint density at radius 2 is 2.08 bits per heavy atom. The first kappa shape index (κ1) is 29.2. The fraction of sp³-hybridized carbons (Fsp3) is 0.448. The van der Waals surface area contributed by atoms with Gasteiger partial charge in [0.05, 0.1) is 23.3 Å². The van der Waals surface area contributed by atoms with Crippen molar-refractivity contribution in [3.63, 3.8) is 0 Å². The fourth-order valence-corrected chi connectivity index (χ4v) is 5.02. The van der Waals surface area contributed by atoms with Crippen molar-refractivity contribution in [2.24, 2.45) is 4.99 Å². The molecule has 3 rings (SSSR count). The predicted molar refractivity (Wildman–Crippen MR) is 160 cm³/mol. The molecule has 0 spiro atoms. The van der Waals surface area contributed by atoms with Gasteiger partial charge in [-0.2, -0.15) is 0 Å². The van der Waals surface area contributed by atoms with Crippen LogP contribution >= 0.6 is 23.1 Å². The minimum absolute atomic E-state index is 0.0200. The second-order valence-corrected chi connectivity index (χ2v) is 11.2. The summed E-state index contributed by atoms with van der Waals surface area (Å²) < 4.78 is 6.37. The third kappa shape index (κ3) is 8.04. The summed E-state index contributed by atoms with van der Waals surface area (Å²) in [6.45, 7) is 8.81. The van der Waals surface area contributed by atoms with Gasteiger partial charge in [-0.05, 0) is 81.8 Å². The molecule has 1 N–H and O–H groups in total. The summed E-state index contributed by atoms with van der Waals surface area (Å²) >= 11 is 3.32. The van der Waals surface area contributed by atoms with Crippen molar-refractivity contribution in [3.05, 3.63) is 75.3 Å². The zero-order chi connectivity index (χ0) is 26.8. The minimum atomic E-state index is -0.0200. The van der Waals surface area contributed by atoms with Gasteiger partial charge >= 0.3 is 0 Å². The number of nitrogens with one attached hydrogen (secondary N) is 1. The van der Waals surface area contributed by atoms with Crippen LogP contribution in [0.25, 0.3) is 0 Å². The molecule has 0 saturated carbocycles. The topological polar surface area (TPSA) is 57.2 Å². The van der Waals surface area contributed by atoms with Crippen molar-refractivity contribution in [1.29, 1.82) is 0 Å². The van der Waals surface area contributed by atoms with Gasteiger partial charge in [0.1, 0.15) is 5.82 Å². The van der Waals surface area contributed by atoms with Crippen LogP contribution in [0, 0.1) is 0 Å². The highest BCUT2D eigenvalue weighted by atomic mass is 32.2. The third-order valence-corrected chi connectivity index (χ3v) is 8.08. The normalized spacial score (nSPS) is 16.4. The van der Waals surface area contributed by atoms with Gasteiger partial charge in [-0.15, -0.1) is 23.1 Å². The first-order valence-electron chi connectivity index (χ1n) is 12.8. The molecule has 1 aliphatic heterocycles. The van der Waals surface area contributed by atoms with Crippen LogP contribution in [0.15, 0.2) is 69.8 Å². The molecular weight excluding hydrogens is 500 g/mol. The number of carbonyl (C=O) groups excluding carboxylic acids is 1. The maximum absolute atomic E-state index is 14.0. The van der Waals surface area contributed by atoms with E-state index in [-0.39, 0.29) is 12.0 Å². The molecule has 0 fully saturated rings. The van der Waals surface area contributed by atoms with Crippen molar-refractivity contribution in [2.75, 3.05) is 44.9 Å². The number of rotatable bonds is 11. The number of thiophene rings is 1. The van der Waals surface area contributed by atoms with Gasteiger partial charge in [-0.1, -0.05) is 30.7 Å². The smallest absolute Gasteiger partial charge is 0.262 e. The summed E-state index contributed by atoms with van der Waals surface area (Å²) in [6, 6.07) is 12.4. The van der Waals surface area contributed by atoms with Gasteiger partial charge in [0.15, 0.2) is 0 Å². The number of anilines is 1. The van der Waals surface area contributed by atoms with E-state index in [4.69, 9.17) is 9.73 Å². The first-order valence-corrected chi connectivity index (χ1v) is 14.9. The molecular formula is C29H40N4O2S2. The summed E-state index contributed by atoms with van der Waals surface area (Å²) in [5.41, 5.74) is 3.72. The van der Waals surface area contributed by atoms with Crippen LogP contribution in [0.5, 0.6) is 0 Å². The summed E-state index contributed by atoms with van der Waals surface area (Å²) in [7, 11) is 3.97. The molecule has 8 heteroatoms. The van der Waals surface area contributed by atoms with Gasteiger partial charge < -0.3 is 19.9 Å². The third-order valence-electron chi connectivity index (χ3n) is 6.43. The van der Waals surface area contributed by atoms with E-state index < -0.39 is 0 Å². The number of hydrogen-bond acceptors (Lipinski definition) is 7. The second-order valence-electron chi connectivity index (χ2n) is 9.17. The van der Waals surface area contributed by atoms with Crippen molar-refractivity contribution in [2.45, 2.75) is 46.3 Å². The largest absolute Gasteiger partial charge is 0.368 e. The number of ether oxygens (including phenoxy) is 1. The number of hydrogen-bond donors (Lipinski definition) is 1. The van der Waals surface area contributed by atoms with E-state index in [1.54, 1.807) is 23.1 Å². The molecule has 0 bridgehead atoms. The van der Waals surface area contributed by atoms with Crippen LogP contribution in [0.3, 0.4) is 0 Å². The molecule has 200 valence electrons. The molecule has 37 heavy (non-hydrogen) atoms. The lowest BCUT2D eigenvalue weighted by Gasteiger charge is -2.23. The van der Waals surface area contributed by atoms with Crippen LogP contribution in [0.2, 0.25) is 0 Å². The zero-order valence-corrected chi connectivity index (χ0v) is 24.5. The van der Waals surface area contributed by atoms with Crippen LogP contribution in [-0.2, 0) is 16.1 Å². The van der Waals surface area contributed by atoms with Crippen molar-refractivity contribution >= 4 is 39.7 Å². The van der Waals surface area contributed by atoms with E-state index in [9.17, 15) is 4.79 Å². The van der Waals surface area contributed by atoms with Gasteiger partial charge in [0.2, 0.25) is 0 Å². The molecule has 2 heterocycles. The maximum atomic E-state index is 14.0. The highest BCUT2D eigenvalue weighted by Crippen LogP contribution is 2.29. The molecule has 1 aromatic heterocycles. The SMILES string of the molecule is CC/C(C)=C\C1=C(/N=C(\C)SC)N(C)CCN(c2cccc(COC(CCNC)c3cccs3)c2)C1=O. The van der Waals surface area contributed by atoms with E-state index in [1.807, 2.05) is 50.4 Å². The molecule has 6 nitrogen and oxygen atoms in total. The predicted octanol–water partition coefficient (Wildman–Crippen LogP) is 6.24. The highest BCUT2D eigenvalue weighted by Gasteiger charge is 2.28. The number of allylic oxidation sites excluding steroid dienone is 1. The molecule has 0 radical (unpaired) electrons. The van der Waals surface area contributed by atoms with E-state index in [1.165, 1.54) is 4.88 Å². The number of amides is 1. The van der Waals surface area contributed by atoms with Crippen molar-refractivity contribution in [3.8, 4) is 0 Å². The number of likely N-dealkylation sites (N-methyl/N-ethyl adjacent to an activating group) is 1. The Morgan fingerprint density at radius 3 is 2.76 bits per heavy atom. The molecule has 0 aliphatic carbocycles. The number of benzene rings is 1. The maximum Gasteiger partial charge on any atom is 0.262 e. The number of nitrogens with zero attached hydrogens (tertiary/aromatic N) is 3. The lowest BCUT2D eigenvalue weighted by molar-refractivity contribution is -0.114. The van der Waals surface area contributed by atoms with Crippen molar-refractivity contribution < 1.29 is 9.53 Å². The van der Waals surface area contributed by atoms with Crippen LogP contribution in [0.1, 0.15) is 50.2 Å². The minimum Gasteiger partial charge on any atom is -0.368 e. The lowest BCUT2D eigenvalue weighted by Crippen LogP contribution is -2.34. The van der Waals surface area contributed by atoms with Gasteiger partial charge in [0.25, 0.3) is 5.91 Å². The average Bonchev–Trinajstić information content (AvgIpc) is 3.42. The van der Waals surface area contributed by atoms with E-state index >= 15 is 0 Å². The van der Waals surface area contributed by atoms with Gasteiger partial charge in [-0.3, -0.25) is 4.79 Å². The van der Waals surface area contributed by atoms with Crippen molar-refractivity contribution in [1.82, 2.24) is 10.2 Å². The molecule has 1 aliphatic rings. The highest BCUT2D eigenvalue weighted by molar-refractivity contribution is 8.13. The number of thioether (sulfide) groups is 1. The van der Waals surface area contributed by atoms with E-state index in [0.29, 0.717) is 25.3 Å².